The molecule has 3 heterocycles. The highest BCUT2D eigenvalue weighted by atomic mass is 16.8. The summed E-state index contributed by atoms with van der Waals surface area (Å²) in [5, 5.41) is 112. The SMILES string of the molecule is COC(=O)[C@H]1[C@H](O[C@H]2OC[C@@H](OC(=O)c3ccccc3)[C@@H](OC(=O)C(C)C(C)OC(=O)c3ccccc3)[C@@H]2O)C(C)(C)C[C@H]2C3=CC[C@@H]4[C@@]5(C)CC[C@H](O[C@@H]6O[C@H](C(=O)O)[C@@H](O)[C@H](O)[C@H]6O[C@@H]6O[C@H](CO)[C@H](O)[C@H](O)[C@H]6O)C(C)(C)[C@@H]5CC[C@@]4(C)[C@]3(C)C[C@@H](O)[C@]21CO. The van der Waals surface area contributed by atoms with Gasteiger partial charge in [0.2, 0.25) is 0 Å². The Morgan fingerprint density at radius 2 is 1.31 bits per heavy atom. The Morgan fingerprint density at radius 3 is 1.92 bits per heavy atom. The number of carbonyl (C=O) groups excluding carboxylic acids is 4. The molecule has 4 saturated carbocycles. The second-order valence-electron chi connectivity index (χ2n) is 29.3. The van der Waals surface area contributed by atoms with E-state index in [0.717, 1.165) is 5.57 Å². The zero-order chi connectivity index (χ0) is 67.8. The van der Waals surface area contributed by atoms with Gasteiger partial charge in [-0.2, -0.15) is 0 Å². The minimum atomic E-state index is -2.04. The molecule has 3 aliphatic heterocycles. The molecule has 2 aromatic carbocycles. The lowest BCUT2D eigenvalue weighted by Gasteiger charge is -2.73. The van der Waals surface area contributed by atoms with Crippen LogP contribution in [0.5, 0.6) is 0 Å². The summed E-state index contributed by atoms with van der Waals surface area (Å²) in [5.41, 5.74) is -3.61. The fraction of sp³-hybridized carbons (Fsp3) is 0.721. The van der Waals surface area contributed by atoms with Crippen molar-refractivity contribution in [1.82, 2.24) is 0 Å². The number of allylic oxidation sites excluding steroid dienone is 2. The number of esters is 4. The maximum atomic E-state index is 14.8. The van der Waals surface area contributed by atoms with Crippen molar-refractivity contribution in [3.8, 4) is 0 Å². The van der Waals surface area contributed by atoms with Crippen molar-refractivity contribution in [2.75, 3.05) is 26.9 Å². The summed E-state index contributed by atoms with van der Waals surface area (Å²) in [6.45, 7) is 15.7. The van der Waals surface area contributed by atoms with Crippen LogP contribution in [0.25, 0.3) is 0 Å². The quantitative estimate of drug-likeness (QED) is 0.0471. The number of fused-ring (bicyclic) bond motifs is 7. The summed E-state index contributed by atoms with van der Waals surface area (Å²) < 4.78 is 60.4. The summed E-state index contributed by atoms with van der Waals surface area (Å²) in [4.78, 5) is 68.1. The average Bonchev–Trinajstić information content (AvgIpc) is 0.669. The van der Waals surface area contributed by atoms with Crippen LogP contribution in [0.1, 0.15) is 128 Å². The maximum absolute atomic E-state index is 14.8. The lowest BCUT2D eigenvalue weighted by molar-refractivity contribution is -0.374. The van der Waals surface area contributed by atoms with Crippen molar-refractivity contribution in [2.45, 2.75) is 218 Å². The lowest BCUT2D eigenvalue weighted by Crippen LogP contribution is -2.72. The van der Waals surface area contributed by atoms with Gasteiger partial charge < -0.3 is 98.4 Å². The molecule has 5 aliphatic carbocycles. The van der Waals surface area contributed by atoms with Gasteiger partial charge in [0.15, 0.2) is 37.2 Å². The highest BCUT2D eigenvalue weighted by molar-refractivity contribution is 5.90. The Hall–Kier alpha value is -5.07. The van der Waals surface area contributed by atoms with E-state index in [9.17, 15) is 75.0 Å². The minimum absolute atomic E-state index is 0.0181. The fourth-order valence-corrected chi connectivity index (χ4v) is 18.1. The molecule has 516 valence electrons. The highest BCUT2D eigenvalue weighted by Gasteiger charge is 2.74. The van der Waals surface area contributed by atoms with Crippen molar-refractivity contribution in [2.24, 2.45) is 62.1 Å². The number of carboxylic acid groups (broad SMARTS) is 1. The molecule has 25 nitrogen and oxygen atoms in total. The van der Waals surface area contributed by atoms with E-state index in [-0.39, 0.29) is 35.8 Å². The van der Waals surface area contributed by atoms with Gasteiger partial charge in [-0.05, 0) is 128 Å². The topological polar surface area (TPSA) is 380 Å². The molecule has 0 amide bonds. The van der Waals surface area contributed by atoms with Gasteiger partial charge in [0.05, 0.1) is 68.2 Å². The molecule has 0 radical (unpaired) electrons. The highest BCUT2D eigenvalue weighted by Crippen LogP contribution is 2.76. The Bertz CT molecular complexity index is 3050. The summed E-state index contributed by atoms with van der Waals surface area (Å²) >= 11 is 0. The first-order valence-corrected chi connectivity index (χ1v) is 32.4. The molecule has 0 spiro atoms. The number of ether oxygens (including phenoxy) is 10. The molecular weight excluding hydrogens is 1220 g/mol. The molecule has 2 aromatic rings. The van der Waals surface area contributed by atoms with E-state index in [4.69, 9.17) is 47.4 Å². The van der Waals surface area contributed by atoms with Gasteiger partial charge in [-0.3, -0.25) is 9.59 Å². The van der Waals surface area contributed by atoms with Crippen LogP contribution in [0, 0.1) is 62.1 Å². The fourth-order valence-electron chi connectivity index (χ4n) is 18.1. The number of carbonyl (C=O) groups is 5. The van der Waals surface area contributed by atoms with Crippen LogP contribution in [0.15, 0.2) is 72.3 Å². The molecule has 27 atom stereocenters. The normalized spacial score (nSPS) is 43.2. The van der Waals surface area contributed by atoms with Crippen molar-refractivity contribution < 1.29 is 122 Å². The zero-order valence-electron chi connectivity index (χ0n) is 54.3. The van der Waals surface area contributed by atoms with Gasteiger partial charge in [0.1, 0.15) is 54.9 Å². The Morgan fingerprint density at radius 1 is 0.667 bits per heavy atom. The molecule has 7 fully saturated rings. The van der Waals surface area contributed by atoms with Crippen LogP contribution in [-0.2, 0) is 61.8 Å². The number of hydrogen-bond donors (Lipinski definition) is 10. The number of aliphatic hydroxyl groups excluding tert-OH is 9. The van der Waals surface area contributed by atoms with Gasteiger partial charge in [0, 0.05) is 5.41 Å². The number of aliphatic hydroxyl groups is 9. The van der Waals surface area contributed by atoms with Gasteiger partial charge in [-0.15, -0.1) is 0 Å². The molecule has 8 aliphatic rings. The molecule has 0 bridgehead atoms. The molecule has 10 N–H and O–H groups in total. The van der Waals surface area contributed by atoms with Crippen LogP contribution in [-0.4, -0.2) is 218 Å². The summed E-state index contributed by atoms with van der Waals surface area (Å²) in [6.07, 6.45) is -23.5. The van der Waals surface area contributed by atoms with Crippen molar-refractivity contribution in [3.05, 3.63) is 83.4 Å². The van der Waals surface area contributed by atoms with Gasteiger partial charge >= 0.3 is 29.8 Å². The summed E-state index contributed by atoms with van der Waals surface area (Å²) in [5.74, 6) is -8.01. The largest absolute Gasteiger partial charge is 0.479 e. The van der Waals surface area contributed by atoms with Gasteiger partial charge in [0.25, 0.3) is 0 Å². The average molecular weight is 1310 g/mol. The molecule has 0 aromatic heterocycles. The minimum Gasteiger partial charge on any atom is -0.479 e. The third-order valence-corrected chi connectivity index (χ3v) is 23.6. The molecule has 25 heteroatoms. The van der Waals surface area contributed by atoms with Crippen molar-refractivity contribution in [1.29, 1.82) is 0 Å². The predicted octanol–water partition coefficient (Wildman–Crippen LogP) is 2.98. The molecule has 2 unspecified atom stereocenters. The van der Waals surface area contributed by atoms with E-state index in [0.29, 0.717) is 32.1 Å². The molecule has 3 saturated heterocycles. The van der Waals surface area contributed by atoms with Crippen molar-refractivity contribution in [3.63, 3.8) is 0 Å². The second-order valence-corrected chi connectivity index (χ2v) is 29.3. The van der Waals surface area contributed by atoms with Crippen LogP contribution in [0.4, 0.5) is 0 Å². The van der Waals surface area contributed by atoms with E-state index in [2.05, 4.69) is 40.7 Å². The number of hydrogen-bond acceptors (Lipinski definition) is 24. The van der Waals surface area contributed by atoms with Crippen molar-refractivity contribution >= 4 is 29.8 Å². The summed E-state index contributed by atoms with van der Waals surface area (Å²) in [6, 6.07) is 16.2. The van der Waals surface area contributed by atoms with Crippen LogP contribution in [0.3, 0.4) is 0 Å². The standard InChI is InChI=1S/C68H94O25/c1-32(33(2)86-57(81)34-17-13-11-14-18-34)56(80)90-51-39(87-58(82)35-19-15-12-16-20-35)30-85-60(50(51)77)93-54-44(59(83)84-10)68(31-70)37(27-63(54,3)4)36-21-22-41-65(7)25-24-43(64(5,6)40(65)23-26-66(41,8)67(36,9)28-42(68)71)89-62-53(48(75)47(74)52(91-62)55(78)79)92-61-49(76)46(73)45(72)38(29-69)88-61/h11-21,32-33,37-54,60-62,69-77H,22-31H2,1-10H3,(H,78,79)/t32?,33?,37-,38+,39+,40-,41+,42+,43-,44+,45-,46-,47-,48-,49+,50-,51+,52-,53+,54-,60+,61-,62+,65-,66+,67+,68-/m0/s1. The van der Waals surface area contributed by atoms with Crippen LogP contribution in [0.2, 0.25) is 0 Å². The second kappa shape index (κ2) is 26.7. The van der Waals surface area contributed by atoms with Crippen LogP contribution < -0.4 is 0 Å². The lowest BCUT2D eigenvalue weighted by atomic mass is 9.32. The number of benzene rings is 2. The smallest absolute Gasteiger partial charge is 0.338 e. The maximum Gasteiger partial charge on any atom is 0.338 e. The van der Waals surface area contributed by atoms with Gasteiger partial charge in [-0.1, -0.05) is 96.5 Å². The predicted molar refractivity (Wildman–Crippen MR) is 322 cm³/mol. The molecule has 10 rings (SSSR count). The van der Waals surface area contributed by atoms with E-state index >= 15 is 0 Å². The zero-order valence-corrected chi connectivity index (χ0v) is 54.3. The van der Waals surface area contributed by atoms with E-state index in [1.165, 1.54) is 33.1 Å². The van der Waals surface area contributed by atoms with Gasteiger partial charge in [-0.25, -0.2) is 14.4 Å². The first kappa shape index (κ1) is 70.7. The Labute approximate surface area is 540 Å². The number of carboxylic acids is 1. The van der Waals surface area contributed by atoms with E-state index < -0.39 is 210 Å². The molecule has 93 heavy (non-hydrogen) atoms. The third-order valence-electron chi connectivity index (χ3n) is 23.6. The number of aliphatic carboxylic acids is 1. The summed E-state index contributed by atoms with van der Waals surface area (Å²) in [7, 11) is 1.21. The number of methoxy groups -OCH3 is 1. The Kier molecular flexibility index (Phi) is 20.3. The first-order valence-electron chi connectivity index (χ1n) is 32.4. The third kappa shape index (κ3) is 12.2. The Balaban J connectivity index is 0.906. The van der Waals surface area contributed by atoms with E-state index in [1.807, 2.05) is 13.8 Å². The molecular formula is C68H94O25. The monoisotopic (exact) mass is 1310 g/mol. The van der Waals surface area contributed by atoms with E-state index in [1.54, 1.807) is 48.5 Å². The number of rotatable bonds is 17. The first-order chi connectivity index (χ1) is 43.8. The van der Waals surface area contributed by atoms with Crippen LogP contribution >= 0.6 is 0 Å².